The number of methoxy groups -OCH3 is 1. The highest BCUT2D eigenvalue weighted by atomic mass is 35.5. The lowest BCUT2D eigenvalue weighted by molar-refractivity contribution is -0.119. The predicted octanol–water partition coefficient (Wildman–Crippen LogP) is 5.58. The lowest BCUT2D eigenvalue weighted by Gasteiger charge is -2.25. The van der Waals surface area contributed by atoms with Crippen LogP contribution in [0.25, 0.3) is 0 Å². The van der Waals surface area contributed by atoms with Crippen LogP contribution in [0, 0.1) is 6.92 Å². The Morgan fingerprint density at radius 3 is 2.30 bits per heavy atom. The number of hydrazone groups is 1. The fourth-order valence-electron chi connectivity index (χ4n) is 3.71. The molecule has 0 saturated carbocycles. The fourth-order valence-corrected chi connectivity index (χ4v) is 5.27. The zero-order chi connectivity index (χ0) is 28.5. The van der Waals surface area contributed by atoms with E-state index in [1.807, 2.05) is 31.2 Å². The highest BCUT2D eigenvalue weighted by Crippen LogP contribution is 2.32. The first-order valence-electron chi connectivity index (χ1n) is 12.3. The van der Waals surface area contributed by atoms with Crippen molar-refractivity contribution in [1.82, 2.24) is 5.43 Å². The van der Waals surface area contributed by atoms with Crippen LogP contribution in [0.15, 0.2) is 107 Å². The number of para-hydroxylation sites is 2. The number of hydrogen-bond donors (Lipinski definition) is 1. The number of nitrogens with zero attached hydrogens (tertiary/aromatic N) is 2. The Morgan fingerprint density at radius 1 is 0.950 bits per heavy atom. The largest absolute Gasteiger partial charge is 0.495 e. The molecule has 0 heterocycles. The maximum atomic E-state index is 13.6. The summed E-state index contributed by atoms with van der Waals surface area (Å²) in [5.41, 5.74) is 5.26. The van der Waals surface area contributed by atoms with Gasteiger partial charge in [-0.15, -0.1) is 0 Å². The van der Waals surface area contributed by atoms with Gasteiger partial charge in [0, 0.05) is 5.02 Å². The molecule has 1 N–H and O–H groups in total. The molecule has 0 aliphatic rings. The first-order chi connectivity index (χ1) is 19.3. The van der Waals surface area contributed by atoms with E-state index in [0.717, 1.165) is 15.4 Å². The third kappa shape index (κ3) is 7.40. The van der Waals surface area contributed by atoms with Gasteiger partial charge in [0.25, 0.3) is 15.9 Å². The first kappa shape index (κ1) is 28.7. The van der Waals surface area contributed by atoms with Crippen LogP contribution in [0.3, 0.4) is 0 Å². The molecule has 1 amide bonds. The summed E-state index contributed by atoms with van der Waals surface area (Å²) in [5, 5.41) is 4.66. The van der Waals surface area contributed by atoms with Crippen molar-refractivity contribution < 1.29 is 22.7 Å². The van der Waals surface area contributed by atoms with E-state index in [9.17, 15) is 13.2 Å². The third-order valence-electron chi connectivity index (χ3n) is 5.85. The minimum atomic E-state index is -4.09. The van der Waals surface area contributed by atoms with E-state index in [0.29, 0.717) is 28.7 Å². The Hall–Kier alpha value is -4.34. The van der Waals surface area contributed by atoms with Gasteiger partial charge in [-0.2, -0.15) is 5.10 Å². The van der Waals surface area contributed by atoms with Gasteiger partial charge in [0.1, 0.15) is 24.7 Å². The van der Waals surface area contributed by atoms with Gasteiger partial charge in [-0.1, -0.05) is 53.6 Å². The Bertz CT molecular complexity index is 1570. The summed E-state index contributed by atoms with van der Waals surface area (Å²) in [4.78, 5) is 12.9. The van der Waals surface area contributed by atoms with Gasteiger partial charge in [0.15, 0.2) is 0 Å². The summed E-state index contributed by atoms with van der Waals surface area (Å²) in [7, 11) is -2.65. The standard InChI is InChI=1S/C30H28ClN3O5S/c1-22-7-17-27(18-8-22)40(36,37)34(28-5-3-4-6-29(28)38-2)20-30(35)33-32-19-23-11-15-26(16-12-23)39-21-24-9-13-25(31)14-10-24/h3-19H,20-21H2,1-2H3,(H,33,35)/b32-19+. The zero-order valence-corrected chi connectivity index (χ0v) is 23.5. The molecule has 0 saturated heterocycles. The van der Waals surface area contributed by atoms with Crippen LogP contribution in [0.5, 0.6) is 11.5 Å². The van der Waals surface area contributed by atoms with Crippen LogP contribution in [-0.2, 0) is 21.4 Å². The molecule has 0 aliphatic carbocycles. The molecule has 0 bridgehead atoms. The van der Waals surface area contributed by atoms with E-state index in [2.05, 4.69) is 10.5 Å². The second-order valence-electron chi connectivity index (χ2n) is 8.77. The van der Waals surface area contributed by atoms with Crippen molar-refractivity contribution >= 4 is 39.4 Å². The molecular formula is C30H28ClN3O5S. The fraction of sp³-hybridized carbons (Fsp3) is 0.133. The van der Waals surface area contributed by atoms with E-state index < -0.39 is 22.5 Å². The van der Waals surface area contributed by atoms with Crippen LogP contribution in [0.2, 0.25) is 5.02 Å². The molecule has 4 aromatic rings. The van der Waals surface area contributed by atoms with E-state index in [1.165, 1.54) is 25.5 Å². The van der Waals surface area contributed by atoms with Gasteiger partial charge in [-0.25, -0.2) is 13.8 Å². The number of aryl methyl sites for hydroxylation is 1. The summed E-state index contributed by atoms with van der Waals surface area (Å²) in [6.07, 6.45) is 1.46. The average molecular weight is 578 g/mol. The number of hydrogen-bond acceptors (Lipinski definition) is 6. The summed E-state index contributed by atoms with van der Waals surface area (Å²) in [5.74, 6) is 0.360. The molecular weight excluding hydrogens is 550 g/mol. The van der Waals surface area contributed by atoms with Gasteiger partial charge in [0.05, 0.1) is 23.9 Å². The molecule has 0 atom stereocenters. The lowest BCUT2D eigenvalue weighted by atomic mass is 10.2. The van der Waals surface area contributed by atoms with E-state index in [-0.39, 0.29) is 10.6 Å². The Balaban J connectivity index is 1.43. The number of ether oxygens (including phenoxy) is 2. The predicted molar refractivity (Wildman–Crippen MR) is 157 cm³/mol. The molecule has 0 radical (unpaired) electrons. The van der Waals surface area contributed by atoms with Crippen molar-refractivity contribution in [3.8, 4) is 11.5 Å². The van der Waals surface area contributed by atoms with Gasteiger partial charge in [0.2, 0.25) is 0 Å². The molecule has 10 heteroatoms. The highest BCUT2D eigenvalue weighted by Gasteiger charge is 2.29. The molecule has 4 aromatic carbocycles. The second kappa shape index (κ2) is 13.1. The SMILES string of the molecule is COc1ccccc1N(CC(=O)N/N=C/c1ccc(OCc2ccc(Cl)cc2)cc1)S(=O)(=O)c1ccc(C)cc1. The zero-order valence-electron chi connectivity index (χ0n) is 22.0. The number of sulfonamides is 1. The maximum Gasteiger partial charge on any atom is 0.264 e. The maximum absolute atomic E-state index is 13.6. The number of anilines is 1. The molecule has 206 valence electrons. The van der Waals surface area contributed by atoms with Crippen molar-refractivity contribution in [2.24, 2.45) is 5.10 Å². The van der Waals surface area contributed by atoms with Gasteiger partial charge < -0.3 is 9.47 Å². The quantitative estimate of drug-likeness (QED) is 0.185. The van der Waals surface area contributed by atoms with Crippen LogP contribution in [-0.4, -0.2) is 34.2 Å². The topological polar surface area (TPSA) is 97.3 Å². The molecule has 0 spiro atoms. The number of halogens is 1. The minimum Gasteiger partial charge on any atom is -0.495 e. The van der Waals surface area contributed by atoms with Gasteiger partial charge >= 0.3 is 0 Å². The van der Waals surface area contributed by atoms with Crippen molar-refractivity contribution in [2.45, 2.75) is 18.4 Å². The molecule has 0 unspecified atom stereocenters. The monoisotopic (exact) mass is 577 g/mol. The molecule has 0 aliphatic heterocycles. The molecule has 40 heavy (non-hydrogen) atoms. The highest BCUT2D eigenvalue weighted by molar-refractivity contribution is 7.92. The van der Waals surface area contributed by atoms with E-state index >= 15 is 0 Å². The van der Waals surface area contributed by atoms with Crippen molar-refractivity contribution in [3.63, 3.8) is 0 Å². The number of carbonyl (C=O) groups is 1. The van der Waals surface area contributed by atoms with E-state index in [1.54, 1.807) is 60.7 Å². The molecule has 4 rings (SSSR count). The Morgan fingerprint density at radius 2 is 1.62 bits per heavy atom. The Labute approximate surface area is 238 Å². The first-order valence-corrected chi connectivity index (χ1v) is 14.1. The molecule has 0 aromatic heterocycles. The van der Waals surface area contributed by atoms with Crippen LogP contribution < -0.4 is 19.2 Å². The van der Waals surface area contributed by atoms with E-state index in [4.69, 9.17) is 21.1 Å². The summed E-state index contributed by atoms with van der Waals surface area (Å²) in [6.45, 7) is 1.75. The van der Waals surface area contributed by atoms with Crippen molar-refractivity contribution in [2.75, 3.05) is 18.0 Å². The normalized spacial score (nSPS) is 11.3. The lowest BCUT2D eigenvalue weighted by Crippen LogP contribution is -2.39. The number of rotatable bonds is 11. The van der Waals surface area contributed by atoms with Gasteiger partial charge in [-0.3, -0.25) is 9.10 Å². The molecule has 8 nitrogen and oxygen atoms in total. The number of nitrogens with one attached hydrogen (secondary N) is 1. The summed E-state index contributed by atoms with van der Waals surface area (Å²) < 4.78 is 39.3. The van der Waals surface area contributed by atoms with Gasteiger partial charge in [-0.05, 0) is 78.7 Å². The van der Waals surface area contributed by atoms with Crippen LogP contribution >= 0.6 is 11.6 Å². The van der Waals surface area contributed by atoms with Crippen molar-refractivity contribution in [3.05, 3.63) is 119 Å². The average Bonchev–Trinajstić information content (AvgIpc) is 2.96. The molecule has 0 fully saturated rings. The van der Waals surface area contributed by atoms with Crippen LogP contribution in [0.4, 0.5) is 5.69 Å². The number of benzene rings is 4. The van der Waals surface area contributed by atoms with Crippen LogP contribution in [0.1, 0.15) is 16.7 Å². The van der Waals surface area contributed by atoms with Crippen molar-refractivity contribution in [1.29, 1.82) is 0 Å². The number of amides is 1. The third-order valence-corrected chi connectivity index (χ3v) is 7.88. The summed E-state index contributed by atoms with van der Waals surface area (Å²) in [6, 6.07) is 27.6. The smallest absolute Gasteiger partial charge is 0.264 e. The Kier molecular flexibility index (Phi) is 9.42. The minimum absolute atomic E-state index is 0.0543. The number of carbonyl (C=O) groups excluding carboxylic acids is 1. The summed E-state index contributed by atoms with van der Waals surface area (Å²) >= 11 is 5.91. The second-order valence-corrected chi connectivity index (χ2v) is 11.1.